The van der Waals surface area contributed by atoms with Crippen molar-refractivity contribution in [3.63, 3.8) is 0 Å². The summed E-state index contributed by atoms with van der Waals surface area (Å²) >= 11 is 0. The van der Waals surface area contributed by atoms with Crippen molar-refractivity contribution in [3.05, 3.63) is 93.6 Å². The van der Waals surface area contributed by atoms with Crippen molar-refractivity contribution < 1.29 is 8.91 Å². The Balaban J connectivity index is 1.57. The third-order valence-electron chi connectivity index (χ3n) is 7.09. The largest absolute Gasteiger partial charge is 0.364 e. The Hall–Kier alpha value is -4.03. The van der Waals surface area contributed by atoms with E-state index in [-0.39, 0.29) is 29.5 Å². The first-order valence-electron chi connectivity index (χ1n) is 12.0. The van der Waals surface area contributed by atoms with E-state index < -0.39 is 0 Å². The lowest BCUT2D eigenvalue weighted by Gasteiger charge is -2.48. The average molecular weight is 487 g/mol. The van der Waals surface area contributed by atoms with Gasteiger partial charge in [0.15, 0.2) is 0 Å². The summed E-state index contributed by atoms with van der Waals surface area (Å²) in [7, 11) is 1.72. The number of piperazine rings is 1. The van der Waals surface area contributed by atoms with E-state index in [0.717, 1.165) is 23.4 Å². The van der Waals surface area contributed by atoms with Crippen LogP contribution in [0.5, 0.6) is 0 Å². The van der Waals surface area contributed by atoms with Crippen LogP contribution in [0.3, 0.4) is 0 Å². The van der Waals surface area contributed by atoms with Crippen molar-refractivity contribution in [1.82, 2.24) is 19.6 Å². The van der Waals surface area contributed by atoms with E-state index in [2.05, 4.69) is 38.6 Å². The molecule has 0 saturated carbocycles. The van der Waals surface area contributed by atoms with Crippen molar-refractivity contribution >= 4 is 22.5 Å². The number of aromatic nitrogens is 3. The van der Waals surface area contributed by atoms with Gasteiger partial charge in [-0.15, -0.1) is 4.98 Å². The molecule has 1 saturated heterocycles. The van der Waals surface area contributed by atoms with Crippen LogP contribution in [-0.2, 0) is 7.05 Å². The third-order valence-corrected chi connectivity index (χ3v) is 7.09. The van der Waals surface area contributed by atoms with Gasteiger partial charge in [0, 0.05) is 44.4 Å². The number of halogens is 1. The Kier molecular flexibility index (Phi) is 6.29. The predicted molar refractivity (Wildman–Crippen MR) is 136 cm³/mol. The molecule has 1 aliphatic heterocycles. The van der Waals surface area contributed by atoms with Crippen molar-refractivity contribution in [2.45, 2.75) is 38.4 Å². The van der Waals surface area contributed by atoms with E-state index in [9.17, 15) is 9.18 Å². The first-order chi connectivity index (χ1) is 17.4. The minimum absolute atomic E-state index is 0.0244. The number of anilines is 1. The Morgan fingerprint density at radius 1 is 1.19 bits per heavy atom. The standard InChI is InChI=1S/C27H27FN6O2/c1-5-20-16-33(23-14-25(35)32(4)22-10-11-24(29-3)30-26(22)23)17(2)15-34(20)27(21-12-13-36-31-21)18-6-8-19(28)9-7-18/h6-14,17,20,27H,5,15-16H2,1-2,4H3/t17-,20+,27?/m0/s1. The quantitative estimate of drug-likeness (QED) is 0.381. The molecule has 0 aliphatic carbocycles. The van der Waals surface area contributed by atoms with Gasteiger partial charge in [0.1, 0.15) is 17.8 Å². The van der Waals surface area contributed by atoms with Crippen LogP contribution in [0, 0.1) is 12.4 Å². The summed E-state index contributed by atoms with van der Waals surface area (Å²) in [5.74, 6) is 0.00911. The predicted octanol–water partition coefficient (Wildman–Crippen LogP) is 4.69. The summed E-state index contributed by atoms with van der Waals surface area (Å²) < 4.78 is 20.5. The molecule has 1 aromatic carbocycles. The van der Waals surface area contributed by atoms with E-state index in [1.54, 1.807) is 48.2 Å². The maximum Gasteiger partial charge on any atom is 0.270 e. The van der Waals surface area contributed by atoms with Gasteiger partial charge >= 0.3 is 0 Å². The third kappa shape index (κ3) is 4.14. The van der Waals surface area contributed by atoms with Gasteiger partial charge in [-0.25, -0.2) is 4.39 Å². The number of hydrogen-bond donors (Lipinski definition) is 0. The fourth-order valence-corrected chi connectivity index (χ4v) is 5.20. The van der Waals surface area contributed by atoms with Crippen LogP contribution >= 0.6 is 0 Å². The molecule has 9 heteroatoms. The maximum absolute atomic E-state index is 13.7. The Bertz CT molecular complexity index is 1480. The normalized spacial score (nSPS) is 19.4. The number of pyridine rings is 2. The van der Waals surface area contributed by atoms with Crippen molar-refractivity contribution in [2.24, 2.45) is 7.05 Å². The van der Waals surface area contributed by atoms with E-state index in [4.69, 9.17) is 11.1 Å². The molecule has 0 N–H and O–H groups in total. The summed E-state index contributed by atoms with van der Waals surface area (Å²) in [4.78, 5) is 25.5. The van der Waals surface area contributed by atoms with E-state index in [1.165, 1.54) is 12.1 Å². The van der Waals surface area contributed by atoms with Crippen molar-refractivity contribution in [3.8, 4) is 0 Å². The summed E-state index contributed by atoms with van der Waals surface area (Å²) in [6.07, 6.45) is 2.40. The van der Waals surface area contributed by atoms with Gasteiger partial charge in [-0.3, -0.25) is 9.69 Å². The molecule has 36 heavy (non-hydrogen) atoms. The molecule has 1 unspecified atom stereocenters. The molecular formula is C27H27FN6O2. The fourth-order valence-electron chi connectivity index (χ4n) is 5.20. The molecule has 8 nitrogen and oxygen atoms in total. The molecule has 0 radical (unpaired) electrons. The number of rotatable bonds is 5. The number of aryl methyl sites for hydroxylation is 1. The molecule has 0 spiro atoms. The lowest BCUT2D eigenvalue weighted by molar-refractivity contribution is 0.112. The van der Waals surface area contributed by atoms with Gasteiger partial charge in [0.25, 0.3) is 11.4 Å². The Labute approximate surface area is 208 Å². The maximum atomic E-state index is 13.7. The first kappa shape index (κ1) is 23.7. The summed E-state index contributed by atoms with van der Waals surface area (Å²) in [5, 5.41) is 4.24. The number of fused-ring (bicyclic) bond motifs is 1. The molecular weight excluding hydrogens is 459 g/mol. The van der Waals surface area contributed by atoms with Gasteiger partial charge < -0.3 is 18.8 Å². The highest BCUT2D eigenvalue weighted by Crippen LogP contribution is 2.36. The van der Waals surface area contributed by atoms with Crippen molar-refractivity contribution in [1.29, 1.82) is 0 Å². The highest BCUT2D eigenvalue weighted by Gasteiger charge is 2.38. The molecule has 3 atom stereocenters. The van der Waals surface area contributed by atoms with Crippen LogP contribution in [0.1, 0.15) is 37.6 Å². The highest BCUT2D eigenvalue weighted by atomic mass is 19.1. The monoisotopic (exact) mass is 486 g/mol. The van der Waals surface area contributed by atoms with Crippen LogP contribution in [0.2, 0.25) is 0 Å². The second-order valence-corrected chi connectivity index (χ2v) is 9.21. The number of nitrogens with zero attached hydrogens (tertiary/aromatic N) is 6. The van der Waals surface area contributed by atoms with Crippen LogP contribution in [0.4, 0.5) is 15.9 Å². The minimum Gasteiger partial charge on any atom is -0.364 e. The van der Waals surface area contributed by atoms with Crippen LogP contribution in [0.15, 0.2) is 64.1 Å². The van der Waals surface area contributed by atoms with Crippen LogP contribution in [0.25, 0.3) is 15.9 Å². The van der Waals surface area contributed by atoms with Crippen LogP contribution < -0.4 is 10.5 Å². The zero-order valence-corrected chi connectivity index (χ0v) is 20.4. The van der Waals surface area contributed by atoms with Gasteiger partial charge in [0.05, 0.1) is 17.2 Å². The van der Waals surface area contributed by atoms with Gasteiger partial charge in [-0.05, 0) is 43.2 Å². The van der Waals surface area contributed by atoms with Crippen LogP contribution in [-0.4, -0.2) is 44.8 Å². The van der Waals surface area contributed by atoms with E-state index in [1.807, 2.05) is 6.07 Å². The summed E-state index contributed by atoms with van der Waals surface area (Å²) in [6.45, 7) is 13.0. The summed E-state index contributed by atoms with van der Waals surface area (Å²) in [6, 6.07) is 13.3. The molecule has 3 aromatic heterocycles. The zero-order valence-electron chi connectivity index (χ0n) is 20.4. The Morgan fingerprint density at radius 3 is 2.64 bits per heavy atom. The van der Waals surface area contributed by atoms with E-state index in [0.29, 0.717) is 29.9 Å². The number of hydrogen-bond acceptors (Lipinski definition) is 6. The van der Waals surface area contributed by atoms with E-state index >= 15 is 0 Å². The minimum atomic E-state index is -0.285. The zero-order chi connectivity index (χ0) is 25.4. The molecule has 4 aromatic rings. The van der Waals surface area contributed by atoms with Gasteiger partial charge in [-0.1, -0.05) is 30.8 Å². The lowest BCUT2D eigenvalue weighted by Crippen LogP contribution is -2.58. The Morgan fingerprint density at radius 2 is 1.97 bits per heavy atom. The smallest absolute Gasteiger partial charge is 0.270 e. The first-order valence-corrected chi connectivity index (χ1v) is 12.0. The molecule has 4 heterocycles. The summed E-state index contributed by atoms with van der Waals surface area (Å²) in [5.41, 5.74) is 3.66. The molecule has 0 bridgehead atoms. The lowest BCUT2D eigenvalue weighted by atomic mass is 9.95. The highest BCUT2D eigenvalue weighted by molar-refractivity contribution is 5.89. The number of benzene rings is 1. The molecule has 1 fully saturated rings. The average Bonchev–Trinajstić information content (AvgIpc) is 3.42. The SMILES string of the molecule is [C-]#[N+]c1ccc2c(n1)c(N1C[C@@H](CC)N(C(c3ccc(F)cc3)c3ccon3)C[C@@H]1C)cc(=O)n2C. The molecule has 1 aliphatic rings. The second-order valence-electron chi connectivity index (χ2n) is 9.21. The second kappa shape index (κ2) is 9.55. The topological polar surface area (TPSA) is 71.8 Å². The van der Waals surface area contributed by atoms with Gasteiger partial charge in [-0.2, -0.15) is 0 Å². The van der Waals surface area contributed by atoms with Crippen molar-refractivity contribution in [2.75, 3.05) is 18.0 Å². The molecule has 5 rings (SSSR count). The van der Waals surface area contributed by atoms with Gasteiger partial charge in [0.2, 0.25) is 5.52 Å². The molecule has 184 valence electrons. The fraction of sp³-hybridized carbons (Fsp3) is 0.333. The molecule has 0 amide bonds.